The van der Waals surface area contributed by atoms with Crippen LogP contribution in [0.15, 0.2) is 47.1 Å². The highest BCUT2D eigenvalue weighted by molar-refractivity contribution is 6.13. The lowest BCUT2D eigenvalue weighted by atomic mass is 10.1. The summed E-state index contributed by atoms with van der Waals surface area (Å²) in [5, 5.41) is 11.0. The third-order valence-electron chi connectivity index (χ3n) is 4.34. The van der Waals surface area contributed by atoms with Crippen molar-refractivity contribution in [2.75, 3.05) is 6.61 Å². The van der Waals surface area contributed by atoms with Crippen molar-refractivity contribution in [1.82, 2.24) is 0 Å². The maximum absolute atomic E-state index is 12.3. The fourth-order valence-electron chi connectivity index (χ4n) is 2.85. The largest absolute Gasteiger partial charge is 0.490 e. The van der Waals surface area contributed by atoms with Crippen LogP contribution in [0.2, 0.25) is 0 Å². The summed E-state index contributed by atoms with van der Waals surface area (Å²) < 4.78 is 16.0. The Bertz CT molecular complexity index is 1120. The molecule has 0 N–H and O–H groups in total. The van der Waals surface area contributed by atoms with E-state index in [9.17, 15) is 19.7 Å². The van der Waals surface area contributed by atoms with E-state index in [1.807, 2.05) is 0 Å². The third-order valence-corrected chi connectivity index (χ3v) is 4.34. The Kier molecular flexibility index (Phi) is 6.44. The lowest BCUT2D eigenvalue weighted by molar-refractivity contribution is -0.385. The molecule has 9 nitrogen and oxygen atoms in total. The minimum atomic E-state index is -0.648. The van der Waals surface area contributed by atoms with E-state index in [2.05, 4.69) is 4.99 Å². The topological polar surface area (TPSA) is 117 Å². The molecular weight excluding hydrogens is 404 g/mol. The number of benzene rings is 2. The summed E-state index contributed by atoms with van der Waals surface area (Å²) >= 11 is 0. The fraction of sp³-hybridized carbons (Fsp3) is 0.227. The first kappa shape index (κ1) is 21.7. The van der Waals surface area contributed by atoms with E-state index in [1.54, 1.807) is 39.0 Å². The van der Waals surface area contributed by atoms with Gasteiger partial charge in [0.1, 0.15) is 0 Å². The summed E-state index contributed by atoms with van der Waals surface area (Å²) in [5.41, 5.74) is 1.51. The van der Waals surface area contributed by atoms with Crippen LogP contribution in [0.5, 0.6) is 11.5 Å². The predicted molar refractivity (Wildman–Crippen MR) is 112 cm³/mol. The molecule has 0 bridgehead atoms. The highest BCUT2D eigenvalue weighted by Crippen LogP contribution is 2.31. The minimum absolute atomic E-state index is 0.0308. The summed E-state index contributed by atoms with van der Waals surface area (Å²) in [7, 11) is 0. The Morgan fingerprint density at radius 2 is 1.97 bits per heavy atom. The lowest BCUT2D eigenvalue weighted by Gasteiger charge is -2.10. The number of nitrogens with zero attached hydrogens (tertiary/aromatic N) is 2. The van der Waals surface area contributed by atoms with Crippen molar-refractivity contribution in [3.05, 3.63) is 68.9 Å². The number of hydrogen-bond acceptors (Lipinski definition) is 8. The van der Waals surface area contributed by atoms with Crippen LogP contribution < -0.4 is 9.47 Å². The van der Waals surface area contributed by atoms with Crippen LogP contribution in [0, 0.1) is 17.0 Å². The van der Waals surface area contributed by atoms with E-state index in [0.29, 0.717) is 29.0 Å². The molecule has 160 valence electrons. The Labute approximate surface area is 178 Å². The smallest absolute Gasteiger partial charge is 0.363 e. The van der Waals surface area contributed by atoms with Crippen LogP contribution in [0.25, 0.3) is 6.08 Å². The number of hydrogen-bond donors (Lipinski definition) is 0. The minimum Gasteiger partial charge on any atom is -0.490 e. The Hall–Kier alpha value is -4.01. The van der Waals surface area contributed by atoms with Gasteiger partial charge in [-0.3, -0.25) is 14.9 Å². The van der Waals surface area contributed by atoms with Gasteiger partial charge in [0.15, 0.2) is 17.2 Å². The summed E-state index contributed by atoms with van der Waals surface area (Å²) in [6.45, 7) is 5.45. The van der Waals surface area contributed by atoms with Gasteiger partial charge >= 0.3 is 11.9 Å². The molecule has 1 aliphatic heterocycles. The zero-order chi connectivity index (χ0) is 22.5. The molecule has 0 amide bonds. The van der Waals surface area contributed by atoms with Gasteiger partial charge in [0.2, 0.25) is 5.90 Å². The van der Waals surface area contributed by atoms with E-state index >= 15 is 0 Å². The van der Waals surface area contributed by atoms with E-state index < -0.39 is 10.9 Å². The first-order valence-electron chi connectivity index (χ1n) is 9.57. The quantitative estimate of drug-likeness (QED) is 0.217. The number of nitro benzene ring substituents is 1. The number of rotatable bonds is 7. The number of aryl methyl sites for hydroxylation is 1. The van der Waals surface area contributed by atoms with Crippen molar-refractivity contribution >= 4 is 29.6 Å². The van der Waals surface area contributed by atoms with Gasteiger partial charge in [-0.05, 0) is 49.8 Å². The molecule has 0 aromatic heterocycles. The summed E-state index contributed by atoms with van der Waals surface area (Å²) in [4.78, 5) is 38.6. The predicted octanol–water partition coefficient (Wildman–Crippen LogP) is 3.96. The van der Waals surface area contributed by atoms with E-state index in [1.165, 1.54) is 24.3 Å². The van der Waals surface area contributed by atoms with Gasteiger partial charge in [-0.1, -0.05) is 13.0 Å². The molecule has 0 fully saturated rings. The molecule has 2 aromatic rings. The molecule has 1 aliphatic rings. The zero-order valence-corrected chi connectivity index (χ0v) is 17.2. The Morgan fingerprint density at radius 3 is 2.61 bits per heavy atom. The summed E-state index contributed by atoms with van der Waals surface area (Å²) in [5.74, 6) is -0.326. The van der Waals surface area contributed by atoms with Crippen LogP contribution in [-0.4, -0.2) is 29.4 Å². The number of carbonyl (C=O) groups excluding carboxylic acids is 2. The summed E-state index contributed by atoms with van der Waals surface area (Å²) in [6, 6.07) is 9.22. The fourth-order valence-corrected chi connectivity index (χ4v) is 2.85. The number of esters is 2. The highest BCUT2D eigenvalue weighted by Gasteiger charge is 2.25. The Morgan fingerprint density at radius 1 is 1.19 bits per heavy atom. The van der Waals surface area contributed by atoms with Crippen LogP contribution in [-0.2, 0) is 14.3 Å². The van der Waals surface area contributed by atoms with Crippen LogP contribution in [0.1, 0.15) is 37.0 Å². The molecule has 3 rings (SSSR count). The maximum atomic E-state index is 12.3. The van der Waals surface area contributed by atoms with Gasteiger partial charge in [0.25, 0.3) is 5.69 Å². The van der Waals surface area contributed by atoms with Crippen molar-refractivity contribution in [2.24, 2.45) is 4.99 Å². The van der Waals surface area contributed by atoms with Crippen molar-refractivity contribution < 1.29 is 28.7 Å². The molecule has 0 aliphatic carbocycles. The molecule has 0 radical (unpaired) electrons. The van der Waals surface area contributed by atoms with E-state index in [0.717, 1.165) is 0 Å². The number of aliphatic imine (C=N–C) groups is 1. The summed E-state index contributed by atoms with van der Waals surface area (Å²) in [6.07, 6.45) is 1.74. The second-order valence-corrected chi connectivity index (χ2v) is 6.56. The van der Waals surface area contributed by atoms with Crippen molar-refractivity contribution in [3.63, 3.8) is 0 Å². The number of nitro groups is 1. The second kappa shape index (κ2) is 9.21. The normalized spacial score (nSPS) is 14.2. The van der Waals surface area contributed by atoms with Crippen molar-refractivity contribution in [3.8, 4) is 11.5 Å². The average molecular weight is 424 g/mol. The standard InChI is InChI=1S/C22H20N2O7/c1-4-20(25)30-18-9-6-14(12-19(18)29-5-2)11-16-22(26)31-21(23-16)15-7-8-17(24(27)28)13(3)10-15/h6-12H,4-5H2,1-3H3/b16-11-. The zero-order valence-electron chi connectivity index (χ0n) is 17.2. The van der Waals surface area contributed by atoms with Crippen molar-refractivity contribution in [1.29, 1.82) is 0 Å². The van der Waals surface area contributed by atoms with Gasteiger partial charge in [0.05, 0.1) is 11.5 Å². The number of cyclic esters (lactones) is 1. The molecule has 0 saturated carbocycles. The maximum Gasteiger partial charge on any atom is 0.363 e. The van der Waals surface area contributed by atoms with Crippen molar-refractivity contribution in [2.45, 2.75) is 27.2 Å². The molecule has 0 unspecified atom stereocenters. The Balaban J connectivity index is 1.91. The monoisotopic (exact) mass is 424 g/mol. The second-order valence-electron chi connectivity index (χ2n) is 6.56. The molecule has 9 heteroatoms. The number of ether oxygens (including phenoxy) is 3. The highest BCUT2D eigenvalue weighted by atomic mass is 16.6. The number of carbonyl (C=O) groups is 2. The lowest BCUT2D eigenvalue weighted by Crippen LogP contribution is -2.07. The van der Waals surface area contributed by atoms with Gasteiger partial charge < -0.3 is 14.2 Å². The first-order chi connectivity index (χ1) is 14.8. The molecule has 31 heavy (non-hydrogen) atoms. The molecular formula is C22H20N2O7. The SMILES string of the molecule is CCOc1cc(/C=C2\N=C(c3ccc([N+](=O)[O-])c(C)c3)OC2=O)ccc1OC(=O)CC. The van der Waals surface area contributed by atoms with Gasteiger partial charge in [0, 0.05) is 23.6 Å². The molecule has 0 atom stereocenters. The third kappa shape index (κ3) is 4.95. The van der Waals surface area contributed by atoms with Gasteiger partial charge in [-0.15, -0.1) is 0 Å². The van der Waals surface area contributed by atoms with Crippen LogP contribution in [0.4, 0.5) is 5.69 Å². The van der Waals surface area contributed by atoms with Gasteiger partial charge in [-0.25, -0.2) is 9.79 Å². The van der Waals surface area contributed by atoms with E-state index in [4.69, 9.17) is 14.2 Å². The van der Waals surface area contributed by atoms with Gasteiger partial charge in [-0.2, -0.15) is 0 Å². The van der Waals surface area contributed by atoms with Crippen LogP contribution in [0.3, 0.4) is 0 Å². The average Bonchev–Trinajstić information content (AvgIpc) is 3.10. The molecule has 0 saturated heterocycles. The first-order valence-corrected chi connectivity index (χ1v) is 9.57. The molecule has 0 spiro atoms. The van der Waals surface area contributed by atoms with Crippen LogP contribution >= 0.6 is 0 Å². The molecule has 2 aromatic carbocycles. The molecule has 1 heterocycles. The van der Waals surface area contributed by atoms with E-state index in [-0.39, 0.29) is 35.4 Å².